The van der Waals surface area contributed by atoms with Crippen molar-refractivity contribution in [1.29, 1.82) is 0 Å². The molecule has 28 heavy (non-hydrogen) atoms. The van der Waals surface area contributed by atoms with Gasteiger partial charge in [0.25, 0.3) is 5.91 Å². The Morgan fingerprint density at radius 2 is 1.89 bits per heavy atom. The van der Waals surface area contributed by atoms with Crippen LogP contribution in [-0.4, -0.2) is 16.1 Å². The Bertz CT molecular complexity index is 1050. The van der Waals surface area contributed by atoms with E-state index in [0.717, 1.165) is 30.5 Å². The second kappa shape index (κ2) is 6.63. The second-order valence-corrected chi connectivity index (χ2v) is 7.75. The van der Waals surface area contributed by atoms with Crippen LogP contribution in [0.25, 0.3) is 0 Å². The highest BCUT2D eigenvalue weighted by molar-refractivity contribution is 6.30. The zero-order valence-corrected chi connectivity index (χ0v) is 15.7. The number of amides is 1. The monoisotopic (exact) mass is 396 g/mol. The van der Waals surface area contributed by atoms with Gasteiger partial charge >= 0.3 is 0 Å². The van der Waals surface area contributed by atoms with Gasteiger partial charge in [-0.25, -0.2) is 9.40 Å². The first-order valence-electron chi connectivity index (χ1n) is 9.31. The third-order valence-electron chi connectivity index (χ3n) is 5.68. The van der Waals surface area contributed by atoms with E-state index in [0.29, 0.717) is 28.2 Å². The number of nitrogens with zero attached hydrogens (tertiary/aromatic N) is 2. The lowest BCUT2D eigenvalue weighted by atomic mass is 9.95. The predicted molar refractivity (Wildman–Crippen MR) is 106 cm³/mol. The van der Waals surface area contributed by atoms with Crippen molar-refractivity contribution in [3.8, 4) is 0 Å². The molecule has 2 atom stereocenters. The van der Waals surface area contributed by atoms with Crippen molar-refractivity contribution in [3.63, 3.8) is 0 Å². The molecule has 5 nitrogen and oxygen atoms in total. The molecule has 2 bridgehead atoms. The summed E-state index contributed by atoms with van der Waals surface area (Å²) in [5, 5.41) is 9.29. The molecule has 0 spiro atoms. The van der Waals surface area contributed by atoms with Gasteiger partial charge in [-0.2, -0.15) is 5.10 Å². The zero-order valence-electron chi connectivity index (χ0n) is 15.0. The standard InChI is InChI=1S/C21H18ClFN4O/c22-14-7-9-15(10-8-14)27(26-17-4-2-1-3-16(17)23)21(28)20-18-12-5-6-13(11-12)19(18)24-25-20/h1-4,7-10,12-13,26H,5-6,11H2,(H,24,25). The Kier molecular flexibility index (Phi) is 4.09. The summed E-state index contributed by atoms with van der Waals surface area (Å²) in [5.41, 5.74) is 6.19. The molecule has 0 radical (unpaired) electrons. The van der Waals surface area contributed by atoms with Crippen molar-refractivity contribution < 1.29 is 9.18 Å². The number of para-hydroxylation sites is 1. The highest BCUT2D eigenvalue weighted by Crippen LogP contribution is 2.53. The SMILES string of the molecule is O=C(c1n[nH]c2c1C1CCC2C1)N(Nc1ccccc1F)c1ccc(Cl)cc1. The summed E-state index contributed by atoms with van der Waals surface area (Å²) in [4.78, 5) is 13.5. The number of halogens is 2. The number of hydrogen-bond acceptors (Lipinski definition) is 3. The number of hydrazine groups is 1. The molecule has 1 saturated carbocycles. The number of carbonyl (C=O) groups excluding carboxylic acids is 1. The summed E-state index contributed by atoms with van der Waals surface area (Å²) in [6.45, 7) is 0. The summed E-state index contributed by atoms with van der Waals surface area (Å²) >= 11 is 6.00. The second-order valence-electron chi connectivity index (χ2n) is 7.32. The lowest BCUT2D eigenvalue weighted by Gasteiger charge is -2.25. The van der Waals surface area contributed by atoms with E-state index in [-0.39, 0.29) is 11.6 Å². The highest BCUT2D eigenvalue weighted by atomic mass is 35.5. The van der Waals surface area contributed by atoms with E-state index in [9.17, 15) is 9.18 Å². The normalized spacial score (nSPS) is 19.5. The summed E-state index contributed by atoms with van der Waals surface area (Å²) in [5.74, 6) is 0.0759. The topological polar surface area (TPSA) is 61.0 Å². The lowest BCUT2D eigenvalue weighted by molar-refractivity contribution is 0.0986. The average molecular weight is 397 g/mol. The maximum Gasteiger partial charge on any atom is 0.297 e. The van der Waals surface area contributed by atoms with Gasteiger partial charge in [-0.05, 0) is 61.6 Å². The fourth-order valence-corrected chi connectivity index (χ4v) is 4.48. The molecule has 2 aliphatic rings. The molecule has 3 aromatic rings. The first-order valence-corrected chi connectivity index (χ1v) is 9.69. The van der Waals surface area contributed by atoms with Crippen LogP contribution in [0.2, 0.25) is 5.02 Å². The lowest BCUT2D eigenvalue weighted by Crippen LogP contribution is -2.37. The largest absolute Gasteiger partial charge is 0.297 e. The van der Waals surface area contributed by atoms with E-state index in [1.165, 1.54) is 11.1 Å². The minimum atomic E-state index is -0.444. The van der Waals surface area contributed by atoms with Crippen LogP contribution in [-0.2, 0) is 0 Å². The molecule has 1 heterocycles. The number of carbonyl (C=O) groups is 1. The molecule has 5 rings (SSSR count). The van der Waals surface area contributed by atoms with Crippen molar-refractivity contribution in [2.24, 2.45) is 0 Å². The first kappa shape index (κ1) is 17.3. The van der Waals surface area contributed by atoms with Crippen LogP contribution in [0, 0.1) is 5.82 Å². The maximum absolute atomic E-state index is 14.2. The third kappa shape index (κ3) is 2.76. The molecular formula is C21H18ClFN4O. The Morgan fingerprint density at radius 3 is 2.68 bits per heavy atom. The minimum Gasteiger partial charge on any atom is -0.288 e. The Hall–Kier alpha value is -2.86. The van der Waals surface area contributed by atoms with E-state index in [4.69, 9.17) is 11.6 Å². The van der Waals surface area contributed by atoms with Crippen LogP contribution < -0.4 is 10.4 Å². The first-order chi connectivity index (χ1) is 13.6. The van der Waals surface area contributed by atoms with Gasteiger partial charge in [-0.15, -0.1) is 0 Å². The highest BCUT2D eigenvalue weighted by Gasteiger charge is 2.42. The number of fused-ring (bicyclic) bond motifs is 5. The van der Waals surface area contributed by atoms with E-state index < -0.39 is 5.82 Å². The van der Waals surface area contributed by atoms with Crippen molar-refractivity contribution in [1.82, 2.24) is 10.2 Å². The van der Waals surface area contributed by atoms with Gasteiger partial charge in [0.05, 0.1) is 11.4 Å². The van der Waals surface area contributed by atoms with Gasteiger partial charge < -0.3 is 0 Å². The molecule has 1 amide bonds. The molecule has 2 unspecified atom stereocenters. The third-order valence-corrected chi connectivity index (χ3v) is 5.93. The average Bonchev–Trinajstić information content (AvgIpc) is 3.41. The number of aromatic amines is 1. The van der Waals surface area contributed by atoms with Gasteiger partial charge in [0.2, 0.25) is 0 Å². The van der Waals surface area contributed by atoms with Gasteiger partial charge in [0.1, 0.15) is 5.82 Å². The number of benzene rings is 2. The van der Waals surface area contributed by atoms with E-state index in [1.807, 2.05) is 0 Å². The Balaban J connectivity index is 1.55. The summed E-state index contributed by atoms with van der Waals surface area (Å²) in [6.07, 6.45) is 3.30. The molecule has 2 aliphatic carbocycles. The number of hydrogen-bond donors (Lipinski definition) is 2. The molecule has 2 aromatic carbocycles. The van der Waals surface area contributed by atoms with Crippen molar-refractivity contribution in [2.75, 3.05) is 10.4 Å². The van der Waals surface area contributed by atoms with Gasteiger partial charge in [0, 0.05) is 22.2 Å². The summed E-state index contributed by atoms with van der Waals surface area (Å²) in [7, 11) is 0. The smallest absolute Gasteiger partial charge is 0.288 e. The fourth-order valence-electron chi connectivity index (χ4n) is 4.36. The predicted octanol–water partition coefficient (Wildman–Crippen LogP) is 5.24. The molecule has 2 N–H and O–H groups in total. The Morgan fingerprint density at radius 1 is 1.14 bits per heavy atom. The summed E-state index contributed by atoms with van der Waals surface area (Å²) < 4.78 is 14.2. The van der Waals surface area contributed by atoms with Gasteiger partial charge in [0.15, 0.2) is 5.69 Å². The van der Waals surface area contributed by atoms with Crippen molar-refractivity contribution in [2.45, 2.75) is 31.1 Å². The van der Waals surface area contributed by atoms with Crippen molar-refractivity contribution >= 4 is 28.9 Å². The number of rotatable bonds is 4. The molecule has 1 aromatic heterocycles. The number of aromatic nitrogens is 2. The van der Waals surface area contributed by atoms with Crippen LogP contribution in [0.3, 0.4) is 0 Å². The quantitative estimate of drug-likeness (QED) is 0.593. The van der Waals surface area contributed by atoms with Crippen LogP contribution >= 0.6 is 11.6 Å². The minimum absolute atomic E-state index is 0.208. The molecular weight excluding hydrogens is 379 g/mol. The zero-order chi connectivity index (χ0) is 19.3. The number of anilines is 2. The number of H-pyrrole nitrogens is 1. The van der Waals surface area contributed by atoms with Crippen molar-refractivity contribution in [3.05, 3.63) is 76.3 Å². The maximum atomic E-state index is 14.2. The van der Waals surface area contributed by atoms with E-state index >= 15 is 0 Å². The molecule has 7 heteroatoms. The fraction of sp³-hybridized carbons (Fsp3) is 0.238. The Labute approximate surface area is 166 Å². The number of nitrogens with one attached hydrogen (secondary N) is 2. The van der Waals surface area contributed by atoms with Crippen LogP contribution in [0.15, 0.2) is 48.5 Å². The van der Waals surface area contributed by atoms with E-state index in [1.54, 1.807) is 42.5 Å². The summed E-state index contributed by atoms with van der Waals surface area (Å²) in [6, 6.07) is 13.1. The van der Waals surface area contributed by atoms with Gasteiger partial charge in [-0.3, -0.25) is 15.3 Å². The molecule has 0 saturated heterocycles. The molecule has 1 fully saturated rings. The molecule has 0 aliphatic heterocycles. The van der Waals surface area contributed by atoms with E-state index in [2.05, 4.69) is 15.6 Å². The van der Waals surface area contributed by atoms with Crippen LogP contribution in [0.1, 0.15) is 52.8 Å². The van der Waals surface area contributed by atoms with Gasteiger partial charge in [-0.1, -0.05) is 23.7 Å². The molecule has 142 valence electrons. The van der Waals surface area contributed by atoms with Crippen LogP contribution in [0.5, 0.6) is 0 Å². The van der Waals surface area contributed by atoms with Crippen LogP contribution in [0.4, 0.5) is 15.8 Å².